The number of amides is 1. The Morgan fingerprint density at radius 1 is 1.30 bits per heavy atom. The van der Waals surface area contributed by atoms with E-state index in [0.29, 0.717) is 24.9 Å². The number of benzene rings is 1. The third kappa shape index (κ3) is 2.96. The fourth-order valence-corrected chi connectivity index (χ4v) is 3.06. The standard InChI is InChI=1S/C13H15ClFNO3S/c1-8-6-16(7-9(8)2)13(17)11-5-10(20(14,18)19)3-4-12(11)15/h3-5,8-9H,6-7H2,1-2H3. The maximum atomic E-state index is 13.8. The van der Waals surface area contributed by atoms with E-state index < -0.39 is 20.8 Å². The van der Waals surface area contributed by atoms with Gasteiger partial charge in [0, 0.05) is 23.8 Å². The van der Waals surface area contributed by atoms with Gasteiger partial charge in [0.25, 0.3) is 15.0 Å². The lowest BCUT2D eigenvalue weighted by Crippen LogP contribution is -2.29. The van der Waals surface area contributed by atoms with Crippen LogP contribution in [0.1, 0.15) is 24.2 Å². The van der Waals surface area contributed by atoms with Crippen LogP contribution in [0.15, 0.2) is 23.1 Å². The molecule has 7 heteroatoms. The summed E-state index contributed by atoms with van der Waals surface area (Å²) in [6.45, 7) is 5.12. The number of hydrogen-bond donors (Lipinski definition) is 0. The number of carbonyl (C=O) groups excluding carboxylic acids is 1. The molecule has 4 nitrogen and oxygen atoms in total. The van der Waals surface area contributed by atoms with Crippen LogP contribution in [0.5, 0.6) is 0 Å². The van der Waals surface area contributed by atoms with E-state index in [9.17, 15) is 17.6 Å². The lowest BCUT2D eigenvalue weighted by Gasteiger charge is -2.16. The minimum atomic E-state index is -3.99. The zero-order chi connectivity index (χ0) is 15.1. The van der Waals surface area contributed by atoms with Crippen molar-refractivity contribution in [3.63, 3.8) is 0 Å². The Kier molecular flexibility index (Phi) is 4.07. The summed E-state index contributed by atoms with van der Waals surface area (Å²) in [5.74, 6) is -0.573. The second-order valence-corrected chi connectivity index (χ2v) is 7.81. The molecule has 2 unspecified atom stereocenters. The highest BCUT2D eigenvalue weighted by atomic mass is 35.7. The quantitative estimate of drug-likeness (QED) is 0.787. The molecule has 2 atom stereocenters. The van der Waals surface area contributed by atoms with Crippen molar-refractivity contribution in [2.45, 2.75) is 18.7 Å². The van der Waals surface area contributed by atoms with Crippen LogP contribution in [0.25, 0.3) is 0 Å². The van der Waals surface area contributed by atoms with Crippen molar-refractivity contribution in [2.75, 3.05) is 13.1 Å². The van der Waals surface area contributed by atoms with Crippen LogP contribution in [-0.4, -0.2) is 32.3 Å². The van der Waals surface area contributed by atoms with E-state index in [-0.39, 0.29) is 10.5 Å². The van der Waals surface area contributed by atoms with Crippen molar-refractivity contribution in [1.29, 1.82) is 0 Å². The summed E-state index contributed by atoms with van der Waals surface area (Å²) in [6, 6.07) is 2.99. The number of rotatable bonds is 2. The molecule has 1 aliphatic heterocycles. The number of halogens is 2. The molecule has 1 saturated heterocycles. The molecule has 20 heavy (non-hydrogen) atoms. The van der Waals surface area contributed by atoms with Crippen molar-refractivity contribution >= 4 is 25.6 Å². The number of carbonyl (C=O) groups is 1. The first-order chi connectivity index (χ1) is 9.20. The second-order valence-electron chi connectivity index (χ2n) is 5.24. The van der Waals surface area contributed by atoms with Crippen molar-refractivity contribution in [2.24, 2.45) is 11.8 Å². The Balaban J connectivity index is 2.35. The van der Waals surface area contributed by atoms with Gasteiger partial charge < -0.3 is 4.90 Å². The Labute approximate surface area is 121 Å². The molecule has 1 aliphatic rings. The summed E-state index contributed by atoms with van der Waals surface area (Å²) >= 11 is 0. The van der Waals surface area contributed by atoms with Gasteiger partial charge in [-0.3, -0.25) is 4.79 Å². The van der Waals surface area contributed by atoms with Crippen LogP contribution in [0.2, 0.25) is 0 Å². The van der Waals surface area contributed by atoms with Gasteiger partial charge in [-0.1, -0.05) is 13.8 Å². The van der Waals surface area contributed by atoms with Crippen LogP contribution in [0, 0.1) is 17.7 Å². The molecule has 0 saturated carbocycles. The predicted molar refractivity (Wildman–Crippen MR) is 73.7 cm³/mol. The average molecular weight is 320 g/mol. The Morgan fingerprint density at radius 2 is 1.85 bits per heavy atom. The molecule has 2 rings (SSSR count). The zero-order valence-electron chi connectivity index (χ0n) is 11.1. The highest BCUT2D eigenvalue weighted by molar-refractivity contribution is 8.13. The second kappa shape index (κ2) is 5.33. The fraction of sp³-hybridized carbons (Fsp3) is 0.462. The lowest BCUT2D eigenvalue weighted by atomic mass is 10.0. The molecule has 0 aliphatic carbocycles. The number of hydrogen-bond acceptors (Lipinski definition) is 3. The number of nitrogens with zero attached hydrogens (tertiary/aromatic N) is 1. The first-order valence-corrected chi connectivity index (χ1v) is 8.54. The summed E-state index contributed by atoms with van der Waals surface area (Å²) in [6.07, 6.45) is 0. The van der Waals surface area contributed by atoms with E-state index in [1.165, 1.54) is 0 Å². The van der Waals surface area contributed by atoms with Gasteiger partial charge in [0.1, 0.15) is 5.82 Å². The summed E-state index contributed by atoms with van der Waals surface area (Å²) < 4.78 is 36.3. The summed E-state index contributed by atoms with van der Waals surface area (Å²) in [5, 5.41) is 0. The Morgan fingerprint density at radius 3 is 2.35 bits per heavy atom. The maximum Gasteiger partial charge on any atom is 0.261 e. The summed E-state index contributed by atoms with van der Waals surface area (Å²) in [5.41, 5.74) is -0.256. The fourth-order valence-electron chi connectivity index (χ4n) is 2.29. The largest absolute Gasteiger partial charge is 0.338 e. The Hall–Kier alpha value is -1.14. The van der Waals surface area contributed by atoms with Crippen molar-refractivity contribution in [3.05, 3.63) is 29.6 Å². The van der Waals surface area contributed by atoms with Crippen molar-refractivity contribution < 1.29 is 17.6 Å². The van der Waals surface area contributed by atoms with Gasteiger partial charge >= 0.3 is 0 Å². The Bertz CT molecular complexity index is 637. The van der Waals surface area contributed by atoms with E-state index in [1.54, 1.807) is 4.90 Å². The van der Waals surface area contributed by atoms with E-state index in [1.807, 2.05) is 13.8 Å². The van der Waals surface area contributed by atoms with Crippen LogP contribution in [0.3, 0.4) is 0 Å². The summed E-state index contributed by atoms with van der Waals surface area (Å²) in [4.78, 5) is 13.6. The molecule has 1 amide bonds. The third-order valence-corrected chi connectivity index (χ3v) is 5.08. The lowest BCUT2D eigenvalue weighted by molar-refractivity contribution is 0.0780. The minimum Gasteiger partial charge on any atom is -0.338 e. The molecule has 0 aromatic heterocycles. The van der Waals surface area contributed by atoms with Crippen LogP contribution < -0.4 is 0 Å². The van der Waals surface area contributed by atoms with Gasteiger partial charge in [0.05, 0.1) is 10.5 Å². The van der Waals surface area contributed by atoms with Gasteiger partial charge in [0.15, 0.2) is 0 Å². The van der Waals surface area contributed by atoms with Gasteiger partial charge in [-0.15, -0.1) is 0 Å². The molecule has 1 heterocycles. The molecular weight excluding hydrogens is 305 g/mol. The van der Waals surface area contributed by atoms with Crippen molar-refractivity contribution in [1.82, 2.24) is 4.90 Å². The van der Waals surface area contributed by atoms with E-state index in [0.717, 1.165) is 18.2 Å². The topological polar surface area (TPSA) is 54.5 Å². The maximum absolute atomic E-state index is 13.8. The monoisotopic (exact) mass is 319 g/mol. The van der Waals surface area contributed by atoms with E-state index in [4.69, 9.17) is 10.7 Å². The first-order valence-electron chi connectivity index (χ1n) is 6.23. The molecule has 1 aromatic rings. The molecule has 0 bridgehead atoms. The highest BCUT2D eigenvalue weighted by Crippen LogP contribution is 2.26. The smallest absolute Gasteiger partial charge is 0.261 e. The molecule has 1 fully saturated rings. The van der Waals surface area contributed by atoms with E-state index in [2.05, 4.69) is 0 Å². The normalized spacial score (nSPS) is 23.1. The highest BCUT2D eigenvalue weighted by Gasteiger charge is 2.31. The van der Waals surface area contributed by atoms with E-state index >= 15 is 0 Å². The average Bonchev–Trinajstić information content (AvgIpc) is 2.68. The summed E-state index contributed by atoms with van der Waals surface area (Å²) in [7, 11) is 1.23. The first kappa shape index (κ1) is 15.3. The molecular formula is C13H15ClFNO3S. The van der Waals surface area contributed by atoms with Gasteiger partial charge in [0.2, 0.25) is 0 Å². The van der Waals surface area contributed by atoms with Crippen LogP contribution in [0.4, 0.5) is 4.39 Å². The van der Waals surface area contributed by atoms with Crippen molar-refractivity contribution in [3.8, 4) is 0 Å². The molecule has 0 radical (unpaired) electrons. The van der Waals surface area contributed by atoms with Gasteiger partial charge in [-0.05, 0) is 30.0 Å². The van der Waals surface area contributed by atoms with Crippen LogP contribution >= 0.6 is 10.7 Å². The van der Waals surface area contributed by atoms with Gasteiger partial charge in [-0.25, -0.2) is 12.8 Å². The molecule has 0 N–H and O–H groups in total. The third-order valence-electron chi connectivity index (χ3n) is 3.73. The zero-order valence-corrected chi connectivity index (χ0v) is 12.7. The molecule has 0 spiro atoms. The minimum absolute atomic E-state index is 0.256. The molecule has 110 valence electrons. The molecule has 1 aromatic carbocycles. The SMILES string of the molecule is CC1CN(C(=O)c2cc(S(=O)(=O)Cl)ccc2F)CC1C. The van der Waals surface area contributed by atoms with Gasteiger partial charge in [-0.2, -0.15) is 0 Å². The van der Waals surface area contributed by atoms with Crippen LogP contribution in [-0.2, 0) is 9.05 Å². The predicted octanol–water partition coefficient (Wildman–Crippen LogP) is 2.48. The number of likely N-dealkylation sites (tertiary alicyclic amines) is 1.